The van der Waals surface area contributed by atoms with Gasteiger partial charge in [0.15, 0.2) is 0 Å². The van der Waals surface area contributed by atoms with Crippen molar-refractivity contribution >= 4 is 34.3 Å². The minimum absolute atomic E-state index is 0. The number of hydrogen-bond donors (Lipinski definition) is 2. The smallest absolute Gasteiger partial charge is 1.00 e. The topological polar surface area (TPSA) is 185 Å². The third-order valence-electron chi connectivity index (χ3n) is 8.12. The summed E-state index contributed by atoms with van der Waals surface area (Å²) in [5.41, 5.74) is 1.04. The van der Waals surface area contributed by atoms with Gasteiger partial charge in [0.05, 0.1) is 0 Å². The standard InChI is InChI=1S/2C20H19FN5O2.4ClH.2Zn/c2*1-20(2,3)18(27)17(19-22-12-23-26-19)28-16-10-8-15(9-11-16)25-24-14-6-4-13(21)5-7-14;;;;;;/h2*4-12H,1-3H3,(H,22,23,26);4*1H;;/q;;;;;;2*+2/p-4. The van der Waals surface area contributed by atoms with E-state index in [0.29, 0.717) is 82.5 Å². The minimum atomic E-state index is -1.23. The molecule has 0 fully saturated rings. The Morgan fingerprint density at radius 3 is 0.984 bits per heavy atom. The first-order valence-corrected chi connectivity index (χ1v) is 20.8. The number of nitrogens with zero attached hydrogens (tertiary/aromatic N) is 8. The molecule has 0 radical (unpaired) electrons. The van der Waals surface area contributed by atoms with Gasteiger partial charge in [-0.05, 0) is 0 Å². The summed E-state index contributed by atoms with van der Waals surface area (Å²) >= 11 is 0.986. The molecule has 62 heavy (non-hydrogen) atoms. The van der Waals surface area contributed by atoms with Gasteiger partial charge in [-0.1, -0.05) is 0 Å². The molecule has 2 heterocycles. The molecule has 6 rings (SSSR count). The van der Waals surface area contributed by atoms with Gasteiger partial charge in [0.25, 0.3) is 0 Å². The third-order valence-corrected chi connectivity index (χ3v) is 11.4. The molecule has 0 saturated heterocycles. The first-order valence-electron chi connectivity index (χ1n) is 17.8. The maximum atomic E-state index is 13.1. The third kappa shape index (κ3) is 14.8. The number of benzene rings is 4. The van der Waals surface area contributed by atoms with Gasteiger partial charge < -0.3 is 49.6 Å². The van der Waals surface area contributed by atoms with E-state index in [-0.39, 0.29) is 72.8 Å². The van der Waals surface area contributed by atoms with Crippen molar-refractivity contribution in [3.63, 3.8) is 0 Å². The van der Waals surface area contributed by atoms with Crippen LogP contribution in [0.1, 0.15) is 53.2 Å². The molecule has 0 aliphatic rings. The van der Waals surface area contributed by atoms with E-state index in [1.165, 1.54) is 36.9 Å². The van der Waals surface area contributed by atoms with Gasteiger partial charge in [-0.15, -0.1) is 0 Å². The second-order valence-electron chi connectivity index (χ2n) is 15.0. The van der Waals surface area contributed by atoms with Crippen LogP contribution in [0.4, 0.5) is 31.5 Å². The van der Waals surface area contributed by atoms with Gasteiger partial charge in [-0.2, -0.15) is 0 Å². The van der Waals surface area contributed by atoms with Crippen LogP contribution in [0, 0.1) is 22.5 Å². The minimum Gasteiger partial charge on any atom is -1.00 e. The molecule has 0 spiro atoms. The molecule has 2 atom stereocenters. The molecule has 4 aromatic carbocycles. The van der Waals surface area contributed by atoms with Crippen LogP contribution in [0.25, 0.3) is 0 Å². The molecule has 0 bridgehead atoms. The van der Waals surface area contributed by atoms with E-state index in [1.807, 2.05) is 41.5 Å². The van der Waals surface area contributed by atoms with Crippen LogP contribution in [0.15, 0.2) is 130 Å². The Hall–Kier alpha value is -4.43. The molecule has 0 aliphatic carbocycles. The summed E-state index contributed by atoms with van der Waals surface area (Å²) < 4.78 is 35.7. The second-order valence-corrected chi connectivity index (χ2v) is 19.2. The average molecular weight is 1030 g/mol. The van der Waals surface area contributed by atoms with Crippen molar-refractivity contribution in [2.45, 2.75) is 49.9 Å². The largest absolute Gasteiger partial charge is 1.00 e. The van der Waals surface area contributed by atoms with Crippen LogP contribution in [-0.2, 0) is 54.6 Å². The molecule has 2 aromatic heterocycles. The van der Waals surface area contributed by atoms with E-state index in [4.69, 9.17) is 9.47 Å². The number of ketones is 2. The summed E-state index contributed by atoms with van der Waals surface area (Å²) in [5.74, 6) is 0.795. The Labute approximate surface area is 401 Å². The summed E-state index contributed by atoms with van der Waals surface area (Å²) in [4.78, 5) is 34.5. The number of ether oxygens (including phenoxy) is 2. The number of H-pyrrole nitrogens is 2. The molecule has 2 N–H and O–H groups in total. The normalized spacial score (nSPS) is 13.1. The molecule has 14 nitrogen and oxygen atoms in total. The van der Waals surface area contributed by atoms with Crippen LogP contribution in [0.3, 0.4) is 0 Å². The van der Waals surface area contributed by atoms with Gasteiger partial charge in [-0.3, -0.25) is 0 Å². The van der Waals surface area contributed by atoms with E-state index in [1.54, 1.807) is 72.8 Å². The zero-order valence-electron chi connectivity index (χ0n) is 34.3. The van der Waals surface area contributed by atoms with E-state index in [0.717, 1.165) is 0 Å². The zero-order chi connectivity index (χ0) is 42.1. The van der Waals surface area contributed by atoms with Gasteiger partial charge in [0.1, 0.15) is 0 Å². The maximum absolute atomic E-state index is 13.1. The number of halogens is 6. The predicted octanol–water partition coefficient (Wildman–Crippen LogP) is -2.48. The number of aromatic amines is 2. The molecular weight excluding hydrogens is 995 g/mol. The zero-order valence-corrected chi connectivity index (χ0v) is 43.2. The second kappa shape index (κ2) is 23.9. The van der Waals surface area contributed by atoms with Gasteiger partial charge in [0.2, 0.25) is 0 Å². The van der Waals surface area contributed by atoms with Crippen molar-refractivity contribution in [3.8, 4) is 11.5 Å². The molecule has 0 amide bonds. The Morgan fingerprint density at radius 2 is 0.758 bits per heavy atom. The summed E-state index contributed by atoms with van der Waals surface area (Å²) in [6, 6.07) is 25.2. The number of carbonyl (C=O) groups is 2. The van der Waals surface area contributed by atoms with E-state index < -0.39 is 19.2 Å². The van der Waals surface area contributed by atoms with Gasteiger partial charge in [-0.25, -0.2) is 8.78 Å². The fourth-order valence-electron chi connectivity index (χ4n) is 5.22. The van der Waals surface area contributed by atoms with Crippen molar-refractivity contribution in [1.29, 1.82) is 0 Å². The maximum Gasteiger partial charge on any atom is -1.00 e. The summed E-state index contributed by atoms with van der Waals surface area (Å²) in [5, 5.41) is 29.9. The monoisotopic (exact) mass is 1030 g/mol. The number of azo groups is 2. The molecule has 2 unspecified atom stereocenters. The fraction of sp³-hybridized carbons (Fsp3) is 0.250. The quantitative estimate of drug-likeness (QED) is 0.0999. The predicted molar refractivity (Wildman–Crippen MR) is 200 cm³/mol. The molecule has 318 valence electrons. The number of Topliss-reactive ketones (excluding diaryl/α,β-unsaturated/α-hetero) is 2. The first-order chi connectivity index (χ1) is 27.4. The number of hydrogen-bond acceptors (Lipinski definition) is 12. The number of aromatic nitrogens is 6. The van der Waals surface area contributed by atoms with E-state index in [9.17, 15) is 18.4 Å². The van der Waals surface area contributed by atoms with Crippen molar-refractivity contribution in [2.24, 2.45) is 31.3 Å². The first kappa shape index (κ1) is 55.6. The Balaban J connectivity index is 0.000000582. The van der Waals surface area contributed by atoms with Gasteiger partial charge in [0, 0.05) is 0 Å². The fourth-order valence-corrected chi connectivity index (χ4v) is 8.86. The van der Waals surface area contributed by atoms with Crippen LogP contribution in [0.5, 0.6) is 11.5 Å². The van der Waals surface area contributed by atoms with Crippen LogP contribution in [-0.4, -0.2) is 41.9 Å². The number of rotatable bonds is 12. The van der Waals surface area contributed by atoms with E-state index in [2.05, 4.69) is 50.8 Å². The Kier molecular flexibility index (Phi) is 21.4. The molecule has 0 aliphatic heterocycles. The van der Waals surface area contributed by atoms with Crippen molar-refractivity contribution in [1.82, 2.24) is 30.4 Å². The van der Waals surface area contributed by atoms with Crippen LogP contribution >= 0.6 is 0 Å². The number of nitrogens with one attached hydrogen (secondary N) is 2. The summed E-state index contributed by atoms with van der Waals surface area (Å²) in [6.07, 6.45) is 2.86. The molecule has 22 heteroatoms. The van der Waals surface area contributed by atoms with Gasteiger partial charge >= 0.3 is 346 Å². The van der Waals surface area contributed by atoms with Crippen LogP contribution < -0.4 is 59.1 Å². The summed E-state index contributed by atoms with van der Waals surface area (Å²) in [7, 11) is 0. The van der Waals surface area contributed by atoms with E-state index >= 15 is 0 Å². The number of carbonyl (C=O) groups excluding carboxylic acids is 2. The molecule has 6 aromatic rings. The summed E-state index contributed by atoms with van der Waals surface area (Å²) in [6.45, 7) is 11.1. The molecular formula is C40H38Cl4F2N10O4Zn2. The van der Waals surface area contributed by atoms with Crippen molar-refractivity contribution in [3.05, 3.63) is 133 Å². The average Bonchev–Trinajstić information content (AvgIpc) is 3.95. The Bertz CT molecular complexity index is 2190. The van der Waals surface area contributed by atoms with Crippen molar-refractivity contribution < 1.29 is 114 Å². The van der Waals surface area contributed by atoms with Crippen molar-refractivity contribution in [2.75, 3.05) is 0 Å². The molecule has 0 saturated carbocycles. The Morgan fingerprint density at radius 1 is 0.500 bits per heavy atom. The van der Waals surface area contributed by atoms with Crippen LogP contribution in [0.2, 0.25) is 0 Å². The SMILES string of the molecule is CC(C)(C)C(=O)[C]([Zn+2])(Oc1ccc(N=Nc2ccc(F)cc2)cc1)c1nc[nH]n1.CC(C)(C)C(=O)[C]([Zn+2])(Oc1ccc(N=Nc2ccc(F)cc2)cc1)c1nc[nH]n1.[Cl-].[Cl-].[Cl-].[Cl-].